The van der Waals surface area contributed by atoms with Crippen molar-refractivity contribution < 1.29 is 52.1 Å². The van der Waals surface area contributed by atoms with E-state index in [1.165, 1.54) is 18.2 Å². The van der Waals surface area contributed by atoms with Gasteiger partial charge in [0.25, 0.3) is 0 Å². The van der Waals surface area contributed by atoms with Crippen molar-refractivity contribution in [3.63, 3.8) is 0 Å². The molecule has 0 saturated heterocycles. The number of halogens is 9. The van der Waals surface area contributed by atoms with Gasteiger partial charge in [-0.3, -0.25) is 0 Å². The maximum Gasteiger partial charge on any atom is 0.460 e. The summed E-state index contributed by atoms with van der Waals surface area (Å²) in [6.07, 6.45) is -7.14. The summed E-state index contributed by atoms with van der Waals surface area (Å²) in [6, 6.07) is 8.49. The minimum absolute atomic E-state index is 0.195. The van der Waals surface area contributed by atoms with E-state index < -0.39 is 39.1 Å². The molecule has 0 amide bonds. The van der Waals surface area contributed by atoms with Crippen molar-refractivity contribution >= 4 is 20.9 Å². The second-order valence-electron chi connectivity index (χ2n) is 5.21. The molecule has 13 heteroatoms. The number of benzene rings is 2. The second-order valence-corrected chi connectivity index (χ2v) is 6.80. The summed E-state index contributed by atoms with van der Waals surface area (Å²) >= 11 is 0. The lowest BCUT2D eigenvalue weighted by molar-refractivity contribution is -0.382. The van der Waals surface area contributed by atoms with Crippen molar-refractivity contribution in [2.75, 3.05) is 0 Å². The molecule has 0 atom stereocenters. The summed E-state index contributed by atoms with van der Waals surface area (Å²) < 4.78 is 142. The first-order valence-electron chi connectivity index (χ1n) is 6.67. The molecule has 0 radical (unpaired) electrons. The lowest BCUT2D eigenvalue weighted by atomic mass is 10.1. The highest BCUT2D eigenvalue weighted by Crippen LogP contribution is 2.54. The van der Waals surface area contributed by atoms with E-state index in [0.717, 1.165) is 18.2 Å². The number of alkyl halides is 9. The van der Waals surface area contributed by atoms with Crippen molar-refractivity contribution in [3.05, 3.63) is 42.5 Å². The van der Waals surface area contributed by atoms with E-state index in [0.29, 0.717) is 5.39 Å². The molecule has 0 heterocycles. The maximum atomic E-state index is 13.6. The smallest absolute Gasteiger partial charge is 0.378 e. The third kappa shape index (κ3) is 3.28. The van der Waals surface area contributed by atoms with Gasteiger partial charge in [0, 0.05) is 0 Å². The topological polar surface area (TPSA) is 43.4 Å². The highest BCUT2D eigenvalue weighted by atomic mass is 32.2. The molecule has 2 aromatic rings. The molecule has 0 bridgehead atoms. The largest absolute Gasteiger partial charge is 0.460 e. The Morgan fingerprint density at radius 3 is 1.74 bits per heavy atom. The molecule has 0 spiro atoms. The van der Waals surface area contributed by atoms with Crippen molar-refractivity contribution in [2.24, 2.45) is 0 Å². The molecule has 3 nitrogen and oxygen atoms in total. The third-order valence-corrected chi connectivity index (χ3v) is 4.65. The van der Waals surface area contributed by atoms with Crippen LogP contribution in [0.3, 0.4) is 0 Å². The van der Waals surface area contributed by atoms with Crippen molar-refractivity contribution in [1.29, 1.82) is 0 Å². The van der Waals surface area contributed by atoms with Gasteiger partial charge in [0.15, 0.2) is 0 Å². The predicted octanol–water partition coefficient (Wildman–Crippen LogP) is 4.97. The fourth-order valence-electron chi connectivity index (χ4n) is 1.92. The highest BCUT2D eigenvalue weighted by molar-refractivity contribution is 7.88. The maximum absolute atomic E-state index is 13.6. The second kappa shape index (κ2) is 6.17. The van der Waals surface area contributed by atoms with E-state index in [1.807, 2.05) is 0 Å². The van der Waals surface area contributed by atoms with Gasteiger partial charge >= 0.3 is 33.4 Å². The summed E-state index contributed by atoms with van der Waals surface area (Å²) in [5.41, 5.74) is 0. The van der Waals surface area contributed by atoms with Crippen molar-refractivity contribution in [2.45, 2.75) is 23.3 Å². The normalized spacial score (nSPS) is 14.4. The van der Waals surface area contributed by atoms with Crippen LogP contribution in [0.5, 0.6) is 5.75 Å². The predicted molar refractivity (Wildman–Crippen MR) is 74.4 cm³/mol. The van der Waals surface area contributed by atoms with Crippen LogP contribution in [-0.2, 0) is 10.1 Å². The van der Waals surface area contributed by atoms with Crippen LogP contribution in [0.1, 0.15) is 0 Å². The van der Waals surface area contributed by atoms with Crippen LogP contribution in [0.2, 0.25) is 0 Å². The quantitative estimate of drug-likeness (QED) is 0.501. The fourth-order valence-corrected chi connectivity index (χ4v) is 2.82. The van der Waals surface area contributed by atoms with Gasteiger partial charge in [0.05, 0.1) is 0 Å². The van der Waals surface area contributed by atoms with Crippen LogP contribution in [-0.4, -0.2) is 31.7 Å². The standard InChI is InChI=1S/C14H7F9O3S/c15-11(16,13(19,20)21)12(17,18)14(22,23)27(24,25)26-10-6-5-8-3-1-2-4-9(8)7-10/h1-7H. The zero-order valence-electron chi connectivity index (χ0n) is 12.6. The zero-order chi connectivity index (χ0) is 20.9. The Morgan fingerprint density at radius 2 is 1.22 bits per heavy atom. The van der Waals surface area contributed by atoms with Gasteiger partial charge in [-0.15, -0.1) is 0 Å². The number of fused-ring (bicyclic) bond motifs is 1. The molecule has 0 fully saturated rings. The Kier molecular flexibility index (Phi) is 4.83. The van der Waals surface area contributed by atoms with Crippen molar-refractivity contribution in [3.8, 4) is 5.75 Å². The van der Waals surface area contributed by atoms with E-state index in [9.17, 15) is 47.9 Å². The molecule has 0 aliphatic heterocycles. The molecule has 0 aliphatic carbocycles. The summed E-state index contributed by atoms with van der Waals surface area (Å²) in [5.74, 6) is -15.7. The van der Waals surface area contributed by atoms with Crippen LogP contribution in [0.25, 0.3) is 10.8 Å². The lowest BCUT2D eigenvalue weighted by Gasteiger charge is -2.32. The Bertz CT molecular complexity index is 952. The summed E-state index contributed by atoms with van der Waals surface area (Å²) in [6.45, 7) is 0. The molecule has 0 unspecified atom stereocenters. The van der Waals surface area contributed by atoms with Crippen LogP contribution >= 0.6 is 0 Å². The molecule has 2 aromatic carbocycles. The average Bonchev–Trinajstić information content (AvgIpc) is 2.52. The number of hydrogen-bond acceptors (Lipinski definition) is 3. The molecular formula is C14H7F9O3S. The van der Waals surface area contributed by atoms with Crippen molar-refractivity contribution in [1.82, 2.24) is 0 Å². The van der Waals surface area contributed by atoms with Gasteiger partial charge in [-0.1, -0.05) is 30.3 Å². The first-order valence-corrected chi connectivity index (χ1v) is 8.08. The van der Waals surface area contributed by atoms with Crippen LogP contribution < -0.4 is 4.18 Å². The molecule has 27 heavy (non-hydrogen) atoms. The summed E-state index contributed by atoms with van der Waals surface area (Å²) in [5, 5.41) is -6.26. The molecule has 0 saturated carbocycles. The first kappa shape index (κ1) is 21.1. The van der Waals surface area contributed by atoms with E-state index in [-0.39, 0.29) is 5.39 Å². The Balaban J connectivity index is 2.46. The van der Waals surface area contributed by atoms with E-state index >= 15 is 0 Å². The molecule has 0 aromatic heterocycles. The first-order chi connectivity index (χ1) is 12.0. The van der Waals surface area contributed by atoms with Gasteiger partial charge in [-0.25, -0.2) is 0 Å². The van der Waals surface area contributed by atoms with E-state index in [4.69, 9.17) is 0 Å². The molecule has 0 aliphatic rings. The highest BCUT2D eigenvalue weighted by Gasteiger charge is 2.86. The van der Waals surface area contributed by atoms with Crippen LogP contribution in [0.4, 0.5) is 39.5 Å². The Hall–Kier alpha value is -2.18. The van der Waals surface area contributed by atoms with E-state index in [1.54, 1.807) is 6.07 Å². The van der Waals surface area contributed by atoms with E-state index in [2.05, 4.69) is 4.18 Å². The number of hydrogen-bond donors (Lipinski definition) is 0. The Morgan fingerprint density at radius 1 is 0.704 bits per heavy atom. The fraction of sp³-hybridized carbons (Fsp3) is 0.286. The van der Waals surface area contributed by atoms with Crippen LogP contribution in [0.15, 0.2) is 42.5 Å². The molecule has 0 N–H and O–H groups in total. The third-order valence-electron chi connectivity index (χ3n) is 3.36. The van der Waals surface area contributed by atoms with Gasteiger partial charge < -0.3 is 4.18 Å². The summed E-state index contributed by atoms with van der Waals surface area (Å²) in [4.78, 5) is 0. The SMILES string of the molecule is O=S(=O)(Oc1ccc2ccccc2c1)C(F)(F)C(F)(F)C(F)(F)C(F)(F)F. The average molecular weight is 426 g/mol. The zero-order valence-corrected chi connectivity index (χ0v) is 13.4. The van der Waals surface area contributed by atoms with Crippen LogP contribution in [0, 0.1) is 0 Å². The monoisotopic (exact) mass is 426 g/mol. The minimum Gasteiger partial charge on any atom is -0.378 e. The van der Waals surface area contributed by atoms with Gasteiger partial charge in [0.2, 0.25) is 0 Å². The summed E-state index contributed by atoms with van der Waals surface area (Å²) in [7, 11) is -6.95. The minimum atomic E-state index is -7.34. The van der Waals surface area contributed by atoms with Gasteiger partial charge in [-0.2, -0.15) is 47.9 Å². The van der Waals surface area contributed by atoms with Gasteiger partial charge in [0.1, 0.15) is 5.75 Å². The lowest BCUT2D eigenvalue weighted by Crippen LogP contribution is -2.63. The Labute approximate surface area is 145 Å². The van der Waals surface area contributed by atoms with Gasteiger partial charge in [-0.05, 0) is 22.9 Å². The molecule has 2 rings (SSSR count). The molecular weight excluding hydrogens is 419 g/mol. The number of rotatable bonds is 5. The molecule has 150 valence electrons.